The van der Waals surface area contributed by atoms with E-state index >= 15 is 0 Å². The molecule has 0 radical (unpaired) electrons. The second kappa shape index (κ2) is 6.25. The van der Waals surface area contributed by atoms with E-state index in [1.807, 2.05) is 30.3 Å². The Bertz CT molecular complexity index is 539. The molecule has 1 heterocycles. The number of para-hydroxylation sites is 1. The van der Waals surface area contributed by atoms with Crippen LogP contribution in [0.1, 0.15) is 27.2 Å². The lowest BCUT2D eigenvalue weighted by molar-refractivity contribution is -0.142. The van der Waals surface area contributed by atoms with Gasteiger partial charge in [0.1, 0.15) is 11.6 Å². The molecule has 0 saturated carbocycles. The van der Waals surface area contributed by atoms with Gasteiger partial charge in [-0.1, -0.05) is 18.2 Å². The highest BCUT2D eigenvalue weighted by molar-refractivity contribution is 5.81. The van der Waals surface area contributed by atoms with Gasteiger partial charge < -0.3 is 15.2 Å². The normalized spacial score (nSPS) is 21.5. The number of hydrogen-bond donors (Lipinski definition) is 2. The molecule has 6 nitrogen and oxygen atoms in total. The third kappa shape index (κ3) is 4.13. The molecule has 1 amide bonds. The van der Waals surface area contributed by atoms with E-state index in [1.165, 1.54) is 4.90 Å². The Balaban J connectivity index is 2.06. The fourth-order valence-electron chi connectivity index (χ4n) is 2.47. The quantitative estimate of drug-likeness (QED) is 0.897. The maximum Gasteiger partial charge on any atom is 0.411 e. The van der Waals surface area contributed by atoms with Crippen molar-refractivity contribution in [1.82, 2.24) is 4.90 Å². The van der Waals surface area contributed by atoms with Gasteiger partial charge in [-0.3, -0.25) is 4.90 Å². The predicted molar refractivity (Wildman–Crippen MR) is 82.8 cm³/mol. The molecule has 0 unspecified atom stereocenters. The summed E-state index contributed by atoms with van der Waals surface area (Å²) in [4.78, 5) is 24.9. The second-order valence-electron chi connectivity index (χ2n) is 6.43. The molecule has 1 aliphatic heterocycles. The molecule has 0 aliphatic carbocycles. The molecule has 0 aromatic heterocycles. The van der Waals surface area contributed by atoms with Crippen molar-refractivity contribution in [3.63, 3.8) is 0 Å². The van der Waals surface area contributed by atoms with Crippen LogP contribution in [0.15, 0.2) is 30.3 Å². The van der Waals surface area contributed by atoms with Crippen molar-refractivity contribution in [3.05, 3.63) is 30.3 Å². The van der Waals surface area contributed by atoms with Crippen LogP contribution >= 0.6 is 0 Å². The molecule has 0 spiro atoms. The number of benzene rings is 1. The summed E-state index contributed by atoms with van der Waals surface area (Å²) < 4.78 is 5.30. The van der Waals surface area contributed by atoms with Crippen LogP contribution in [0, 0.1) is 0 Å². The molecule has 1 fully saturated rings. The van der Waals surface area contributed by atoms with Gasteiger partial charge in [0.15, 0.2) is 0 Å². The number of carboxylic acid groups (broad SMARTS) is 1. The number of anilines is 1. The van der Waals surface area contributed by atoms with E-state index in [9.17, 15) is 14.7 Å². The number of carbonyl (C=O) groups excluding carboxylic acids is 1. The van der Waals surface area contributed by atoms with Gasteiger partial charge in [-0.05, 0) is 32.9 Å². The van der Waals surface area contributed by atoms with Crippen LogP contribution in [0.4, 0.5) is 10.5 Å². The second-order valence-corrected chi connectivity index (χ2v) is 6.43. The Morgan fingerprint density at radius 1 is 1.27 bits per heavy atom. The van der Waals surface area contributed by atoms with Crippen molar-refractivity contribution in [3.8, 4) is 0 Å². The number of likely N-dealkylation sites (tertiary alicyclic amines) is 1. The Morgan fingerprint density at radius 3 is 2.45 bits per heavy atom. The maximum atomic E-state index is 12.2. The molecule has 22 heavy (non-hydrogen) atoms. The third-order valence-corrected chi connectivity index (χ3v) is 3.36. The molecule has 1 aromatic carbocycles. The zero-order chi connectivity index (χ0) is 16.3. The predicted octanol–water partition coefficient (Wildman–Crippen LogP) is 2.56. The smallest absolute Gasteiger partial charge is 0.411 e. The Labute approximate surface area is 130 Å². The topological polar surface area (TPSA) is 78.9 Å². The summed E-state index contributed by atoms with van der Waals surface area (Å²) in [6.07, 6.45) is -0.235. The highest BCUT2D eigenvalue weighted by Crippen LogP contribution is 2.24. The van der Waals surface area contributed by atoms with Crippen LogP contribution < -0.4 is 5.32 Å². The number of nitrogens with zero attached hydrogens (tertiary/aromatic N) is 1. The molecule has 2 rings (SSSR count). The minimum absolute atomic E-state index is 0.115. The lowest BCUT2D eigenvalue weighted by atomic mass is 10.1. The SMILES string of the molecule is CC(C)(C)OC(=O)N1C[C@H](Nc2ccccc2)C[C@H]1C(=O)O. The zero-order valence-electron chi connectivity index (χ0n) is 13.1. The van der Waals surface area contributed by atoms with Crippen LogP contribution in [-0.4, -0.2) is 46.3 Å². The summed E-state index contributed by atoms with van der Waals surface area (Å²) in [6, 6.07) is 8.55. The Kier molecular flexibility index (Phi) is 4.59. The minimum atomic E-state index is -1.01. The molecule has 0 bridgehead atoms. The van der Waals surface area contributed by atoms with Crippen molar-refractivity contribution in [2.75, 3.05) is 11.9 Å². The molecule has 6 heteroatoms. The Morgan fingerprint density at radius 2 is 1.91 bits per heavy atom. The fraction of sp³-hybridized carbons (Fsp3) is 0.500. The molecule has 1 aliphatic rings. The summed E-state index contributed by atoms with van der Waals surface area (Å²) >= 11 is 0. The summed E-state index contributed by atoms with van der Waals surface area (Å²) in [7, 11) is 0. The number of amides is 1. The van der Waals surface area contributed by atoms with Gasteiger partial charge in [-0.2, -0.15) is 0 Å². The molecule has 1 aromatic rings. The summed E-state index contributed by atoms with van der Waals surface area (Å²) in [5.74, 6) is -1.01. The standard InChI is InChI=1S/C16H22N2O4/c1-16(2,3)22-15(21)18-10-12(9-13(18)14(19)20)17-11-7-5-4-6-8-11/h4-8,12-13,17H,9-10H2,1-3H3,(H,19,20)/t12-,13+/m1/s1. The lowest BCUT2D eigenvalue weighted by Gasteiger charge is -2.26. The highest BCUT2D eigenvalue weighted by atomic mass is 16.6. The average Bonchev–Trinajstić information content (AvgIpc) is 2.82. The number of rotatable bonds is 3. The number of nitrogens with one attached hydrogen (secondary N) is 1. The first-order valence-corrected chi connectivity index (χ1v) is 7.30. The van der Waals surface area contributed by atoms with E-state index in [0.29, 0.717) is 13.0 Å². The number of aliphatic carboxylic acids is 1. The van der Waals surface area contributed by atoms with E-state index in [2.05, 4.69) is 5.32 Å². The average molecular weight is 306 g/mol. The van der Waals surface area contributed by atoms with Crippen LogP contribution in [0.25, 0.3) is 0 Å². The zero-order valence-corrected chi connectivity index (χ0v) is 13.1. The largest absolute Gasteiger partial charge is 0.480 e. The molecule has 2 atom stereocenters. The van der Waals surface area contributed by atoms with E-state index < -0.39 is 23.7 Å². The Hall–Kier alpha value is -2.24. The van der Waals surface area contributed by atoms with Crippen LogP contribution in [0.5, 0.6) is 0 Å². The molecule has 120 valence electrons. The van der Waals surface area contributed by atoms with E-state index in [1.54, 1.807) is 20.8 Å². The lowest BCUT2D eigenvalue weighted by Crippen LogP contribution is -2.43. The van der Waals surface area contributed by atoms with Crippen molar-refractivity contribution < 1.29 is 19.4 Å². The minimum Gasteiger partial charge on any atom is -0.480 e. The fourth-order valence-corrected chi connectivity index (χ4v) is 2.47. The van der Waals surface area contributed by atoms with Gasteiger partial charge in [0, 0.05) is 24.7 Å². The highest BCUT2D eigenvalue weighted by Gasteiger charge is 2.41. The van der Waals surface area contributed by atoms with Gasteiger partial charge >= 0.3 is 12.1 Å². The van der Waals surface area contributed by atoms with Gasteiger partial charge in [0.25, 0.3) is 0 Å². The van der Waals surface area contributed by atoms with Crippen molar-refractivity contribution >= 4 is 17.7 Å². The number of carboxylic acids is 1. The summed E-state index contributed by atoms with van der Waals surface area (Å²) in [5, 5.41) is 12.6. The van der Waals surface area contributed by atoms with Crippen molar-refractivity contribution in [2.45, 2.75) is 44.9 Å². The number of hydrogen-bond acceptors (Lipinski definition) is 4. The first-order chi connectivity index (χ1) is 10.3. The van der Waals surface area contributed by atoms with Gasteiger partial charge in [0.2, 0.25) is 0 Å². The third-order valence-electron chi connectivity index (χ3n) is 3.36. The molecule has 1 saturated heterocycles. The monoisotopic (exact) mass is 306 g/mol. The summed E-state index contributed by atoms with van der Waals surface area (Å²) in [5.41, 5.74) is 0.258. The van der Waals surface area contributed by atoms with Crippen LogP contribution in [0.2, 0.25) is 0 Å². The van der Waals surface area contributed by atoms with Gasteiger partial charge in [0.05, 0.1) is 0 Å². The van der Waals surface area contributed by atoms with Gasteiger partial charge in [-0.15, -0.1) is 0 Å². The summed E-state index contributed by atoms with van der Waals surface area (Å²) in [6.45, 7) is 5.59. The number of ether oxygens (including phenoxy) is 1. The van der Waals surface area contributed by atoms with E-state index in [0.717, 1.165) is 5.69 Å². The first-order valence-electron chi connectivity index (χ1n) is 7.30. The van der Waals surface area contributed by atoms with Crippen molar-refractivity contribution in [2.24, 2.45) is 0 Å². The molecule has 2 N–H and O–H groups in total. The van der Waals surface area contributed by atoms with Crippen LogP contribution in [-0.2, 0) is 9.53 Å². The van der Waals surface area contributed by atoms with E-state index in [4.69, 9.17) is 4.74 Å². The van der Waals surface area contributed by atoms with Crippen molar-refractivity contribution in [1.29, 1.82) is 0 Å². The maximum absolute atomic E-state index is 12.2. The first kappa shape index (κ1) is 16.1. The van der Waals surface area contributed by atoms with Gasteiger partial charge in [-0.25, -0.2) is 9.59 Å². The molecular formula is C16H22N2O4. The van der Waals surface area contributed by atoms with E-state index in [-0.39, 0.29) is 6.04 Å². The number of carbonyl (C=O) groups is 2. The van der Waals surface area contributed by atoms with Crippen LogP contribution in [0.3, 0.4) is 0 Å². The molecular weight excluding hydrogens is 284 g/mol.